The van der Waals surface area contributed by atoms with Crippen molar-refractivity contribution in [2.24, 2.45) is 0 Å². The maximum absolute atomic E-state index is 8.80. The molecule has 2 heterocycles. The van der Waals surface area contributed by atoms with Gasteiger partial charge in [-0.25, -0.2) is 4.98 Å². The number of rotatable bonds is 4. The van der Waals surface area contributed by atoms with E-state index in [9.17, 15) is 0 Å². The molecule has 0 saturated heterocycles. The van der Waals surface area contributed by atoms with E-state index in [4.69, 9.17) is 11.0 Å². The van der Waals surface area contributed by atoms with Crippen molar-refractivity contribution in [2.45, 2.75) is 20.8 Å². The molecule has 0 aliphatic carbocycles. The predicted octanol–water partition coefficient (Wildman–Crippen LogP) is 3.55. The Morgan fingerprint density at radius 2 is 1.59 bits per heavy atom. The number of aryl methyl sites for hydroxylation is 3. The fourth-order valence-electron chi connectivity index (χ4n) is 2.66. The second kappa shape index (κ2) is 8.29. The third-order valence-electron chi connectivity index (χ3n) is 3.70. The number of nitrogens with two attached hydrogens (primary N) is 1. The third-order valence-corrected chi connectivity index (χ3v) is 3.70. The molecular weight excluding hydrogens is 364 g/mol. The maximum Gasteiger partial charge on any atom is 0.233 e. The minimum Gasteiger partial charge on any atom is -0.368 e. The van der Waals surface area contributed by atoms with E-state index in [1.165, 1.54) is 11.8 Å². The predicted molar refractivity (Wildman–Crippen MR) is 108 cm³/mol. The largest absolute Gasteiger partial charge is 0.368 e. The highest BCUT2D eigenvalue weighted by molar-refractivity contribution is 5.85. The van der Waals surface area contributed by atoms with E-state index in [-0.39, 0.29) is 24.3 Å². The summed E-state index contributed by atoms with van der Waals surface area (Å²) in [4.78, 5) is 16.6. The summed E-state index contributed by atoms with van der Waals surface area (Å²) in [5.41, 5.74) is 11.1. The van der Waals surface area contributed by atoms with E-state index in [1.54, 1.807) is 12.1 Å². The van der Waals surface area contributed by atoms with Gasteiger partial charge >= 0.3 is 0 Å². The van der Waals surface area contributed by atoms with Crippen LogP contribution in [0.5, 0.6) is 0 Å². The zero-order valence-corrected chi connectivity index (χ0v) is 15.9. The Balaban J connectivity index is 0.00000261. The summed E-state index contributed by atoms with van der Waals surface area (Å²) in [7, 11) is 0. The van der Waals surface area contributed by atoms with Crippen molar-refractivity contribution in [1.29, 1.82) is 5.26 Å². The van der Waals surface area contributed by atoms with Gasteiger partial charge < -0.3 is 16.4 Å². The van der Waals surface area contributed by atoms with Crippen LogP contribution in [0.25, 0.3) is 0 Å². The highest BCUT2D eigenvalue weighted by Crippen LogP contribution is 2.25. The molecule has 0 bridgehead atoms. The Morgan fingerprint density at radius 1 is 0.963 bits per heavy atom. The van der Waals surface area contributed by atoms with Crippen molar-refractivity contribution in [1.82, 2.24) is 19.9 Å². The molecule has 138 valence electrons. The molecule has 0 spiro atoms. The van der Waals surface area contributed by atoms with Crippen LogP contribution in [0.1, 0.15) is 22.4 Å². The fraction of sp³-hybridized carbons (Fsp3) is 0.167. The van der Waals surface area contributed by atoms with Crippen molar-refractivity contribution in [3.05, 3.63) is 52.8 Å². The summed E-state index contributed by atoms with van der Waals surface area (Å²) in [5, 5.41) is 15.0. The van der Waals surface area contributed by atoms with Crippen molar-refractivity contribution < 1.29 is 0 Å². The molecule has 1 aromatic carbocycles. The summed E-state index contributed by atoms with van der Waals surface area (Å²) in [5.74, 6) is 0.722. The van der Waals surface area contributed by atoms with Crippen molar-refractivity contribution in [2.75, 3.05) is 16.4 Å². The lowest BCUT2D eigenvalue weighted by Crippen LogP contribution is -2.08. The number of benzene rings is 1. The molecule has 0 atom stereocenters. The summed E-state index contributed by atoms with van der Waals surface area (Å²) >= 11 is 0. The van der Waals surface area contributed by atoms with Gasteiger partial charge in [0, 0.05) is 5.69 Å². The first-order valence-electron chi connectivity index (χ1n) is 7.94. The van der Waals surface area contributed by atoms with Gasteiger partial charge in [0.25, 0.3) is 0 Å². The average Bonchev–Trinajstić information content (AvgIpc) is 2.58. The van der Waals surface area contributed by atoms with Crippen LogP contribution >= 0.6 is 12.4 Å². The average molecular weight is 383 g/mol. The van der Waals surface area contributed by atoms with Gasteiger partial charge in [-0.1, -0.05) is 17.7 Å². The molecule has 0 aliphatic rings. The number of aromatic nitrogens is 4. The lowest BCUT2D eigenvalue weighted by Gasteiger charge is -2.13. The van der Waals surface area contributed by atoms with Gasteiger partial charge in [0.2, 0.25) is 17.8 Å². The smallest absolute Gasteiger partial charge is 0.233 e. The van der Waals surface area contributed by atoms with Crippen LogP contribution in [0.2, 0.25) is 0 Å². The number of pyridine rings is 1. The van der Waals surface area contributed by atoms with Gasteiger partial charge in [-0.15, -0.1) is 12.4 Å². The molecule has 0 unspecified atom stereocenters. The molecule has 3 aromatic rings. The highest BCUT2D eigenvalue weighted by Gasteiger charge is 2.09. The van der Waals surface area contributed by atoms with Gasteiger partial charge in [-0.05, 0) is 44.0 Å². The molecule has 8 nitrogen and oxygen atoms in total. The number of nitrogens with one attached hydrogen (secondary N) is 2. The van der Waals surface area contributed by atoms with Crippen molar-refractivity contribution in [3.63, 3.8) is 0 Å². The minimum absolute atomic E-state index is 0. The van der Waals surface area contributed by atoms with Crippen LogP contribution in [0.3, 0.4) is 0 Å². The SMILES string of the molecule is Cc1cc(C)c(Nc2nc(N)nc(Nc3ccc(C#N)nc3)n2)c(C)c1.Cl. The van der Waals surface area contributed by atoms with E-state index in [0.29, 0.717) is 17.3 Å². The molecule has 2 aromatic heterocycles. The molecule has 0 saturated carbocycles. The number of hydrogen-bond acceptors (Lipinski definition) is 8. The number of halogens is 1. The highest BCUT2D eigenvalue weighted by atomic mass is 35.5. The van der Waals surface area contributed by atoms with E-state index < -0.39 is 0 Å². The Bertz CT molecular complexity index is 972. The van der Waals surface area contributed by atoms with Crippen LogP contribution in [0.4, 0.5) is 29.2 Å². The number of nitrogen functional groups attached to an aromatic ring is 1. The van der Waals surface area contributed by atoms with Gasteiger partial charge in [-0.2, -0.15) is 20.2 Å². The van der Waals surface area contributed by atoms with Crippen LogP contribution in [-0.4, -0.2) is 19.9 Å². The van der Waals surface area contributed by atoms with Crippen molar-refractivity contribution in [3.8, 4) is 6.07 Å². The van der Waals surface area contributed by atoms with Crippen LogP contribution in [-0.2, 0) is 0 Å². The second-order valence-electron chi connectivity index (χ2n) is 5.91. The molecule has 27 heavy (non-hydrogen) atoms. The summed E-state index contributed by atoms with van der Waals surface area (Å²) < 4.78 is 0. The summed E-state index contributed by atoms with van der Waals surface area (Å²) in [6.45, 7) is 6.10. The first kappa shape index (κ1) is 19.9. The Hall–Kier alpha value is -3.44. The van der Waals surface area contributed by atoms with Gasteiger partial charge in [0.1, 0.15) is 11.8 Å². The normalized spacial score (nSPS) is 9.85. The minimum atomic E-state index is 0. The molecule has 0 fully saturated rings. The maximum atomic E-state index is 8.80. The topological polar surface area (TPSA) is 125 Å². The Kier molecular flexibility index (Phi) is 6.11. The molecule has 3 rings (SSSR count). The number of hydrogen-bond donors (Lipinski definition) is 3. The number of nitriles is 1. The third kappa shape index (κ3) is 4.80. The summed E-state index contributed by atoms with van der Waals surface area (Å²) in [6, 6.07) is 9.45. The van der Waals surface area contributed by atoms with E-state index in [0.717, 1.165) is 16.8 Å². The second-order valence-corrected chi connectivity index (χ2v) is 5.91. The molecule has 0 amide bonds. The number of anilines is 5. The lowest BCUT2D eigenvalue weighted by atomic mass is 10.1. The molecule has 4 N–H and O–H groups in total. The van der Waals surface area contributed by atoms with Gasteiger partial charge in [0.15, 0.2) is 0 Å². The molecule has 0 aliphatic heterocycles. The molecular formula is C18H19ClN8. The standard InChI is InChI=1S/C18H18N8.ClH/c1-10-6-11(2)15(12(3)7-10)23-18-25-16(20)24-17(26-18)22-14-5-4-13(8-19)21-9-14;/h4-7,9H,1-3H3,(H4,20,22,23,24,25,26);1H. The molecule has 0 radical (unpaired) electrons. The van der Waals surface area contributed by atoms with Crippen molar-refractivity contribution >= 4 is 41.6 Å². The zero-order valence-electron chi connectivity index (χ0n) is 15.1. The summed E-state index contributed by atoms with van der Waals surface area (Å²) in [6.07, 6.45) is 1.53. The van der Waals surface area contributed by atoms with Crippen LogP contribution in [0.15, 0.2) is 30.5 Å². The van der Waals surface area contributed by atoms with Crippen LogP contribution < -0.4 is 16.4 Å². The molecule has 9 heteroatoms. The number of nitrogens with zero attached hydrogens (tertiary/aromatic N) is 5. The van der Waals surface area contributed by atoms with E-state index >= 15 is 0 Å². The monoisotopic (exact) mass is 382 g/mol. The quantitative estimate of drug-likeness (QED) is 0.625. The zero-order chi connectivity index (χ0) is 18.7. The first-order chi connectivity index (χ1) is 12.4. The Labute approximate surface area is 163 Å². The Morgan fingerprint density at radius 3 is 2.15 bits per heavy atom. The van der Waals surface area contributed by atoms with Crippen LogP contribution in [0, 0.1) is 32.1 Å². The van der Waals surface area contributed by atoms with E-state index in [2.05, 4.69) is 49.6 Å². The van der Waals surface area contributed by atoms with Gasteiger partial charge in [-0.3, -0.25) is 0 Å². The lowest BCUT2D eigenvalue weighted by molar-refractivity contribution is 1.07. The first-order valence-corrected chi connectivity index (χ1v) is 7.94. The van der Waals surface area contributed by atoms with E-state index in [1.807, 2.05) is 19.9 Å². The fourth-order valence-corrected chi connectivity index (χ4v) is 2.66. The van der Waals surface area contributed by atoms with Gasteiger partial charge in [0.05, 0.1) is 11.9 Å².